The largest absolute Gasteiger partial charge is 3.00 e. The first kappa shape index (κ1) is 29.4. The molecule has 0 aromatic heterocycles. The molecule has 0 saturated carbocycles. The minimum atomic E-state index is -0.0625. The van der Waals surface area contributed by atoms with Gasteiger partial charge in [0.2, 0.25) is 0 Å². The second kappa shape index (κ2) is 18.4. The summed E-state index contributed by atoms with van der Waals surface area (Å²) in [5.41, 5.74) is 0. The average molecular weight is 440 g/mol. The van der Waals surface area contributed by atoms with E-state index in [9.17, 15) is 28.8 Å². The van der Waals surface area contributed by atoms with Crippen LogP contribution < -0.4 is 0 Å². The number of Topliss-reactive ketones (excluding diaryl/α,β-unsaturated/α-hetero) is 6. The van der Waals surface area contributed by atoms with Gasteiger partial charge in [-0.2, -0.15) is 0 Å². The molecular weight excluding hydrogens is 416 g/mol. The van der Waals surface area contributed by atoms with Crippen LogP contribution in [0.4, 0.5) is 0 Å². The van der Waals surface area contributed by atoms with Gasteiger partial charge in [-0.15, -0.1) is 0 Å². The van der Waals surface area contributed by atoms with E-state index >= 15 is 0 Å². The van der Waals surface area contributed by atoms with Crippen LogP contribution in [-0.4, -0.2) is 34.7 Å². The number of hydrogen-bond acceptors (Lipinski definition) is 6. The topological polar surface area (TPSA) is 102 Å². The molecule has 0 aromatic rings. The van der Waals surface area contributed by atoms with Crippen LogP contribution in [0.3, 0.4) is 0 Å². The van der Waals surface area contributed by atoms with Gasteiger partial charge in [0, 0.05) is 0 Å². The van der Waals surface area contributed by atoms with Gasteiger partial charge in [0.1, 0.15) is 34.7 Å². The molecule has 7 heteroatoms. The van der Waals surface area contributed by atoms with Crippen molar-refractivity contribution in [3.8, 4) is 0 Å². The minimum Gasteiger partial charge on any atom is -0.300 e. The average Bonchev–Trinajstić information content (AvgIpc) is 2.10. The Morgan fingerprint density at radius 3 is 0.500 bits per heavy atom. The molecule has 0 aliphatic carbocycles. The molecule has 1 radical (unpaired) electrons. The van der Waals surface area contributed by atoms with Gasteiger partial charge >= 0.3 is 41.7 Å². The van der Waals surface area contributed by atoms with E-state index in [0.717, 1.165) is 0 Å². The van der Waals surface area contributed by atoms with Crippen molar-refractivity contribution in [1.29, 1.82) is 0 Å². The zero-order chi connectivity index (χ0) is 17.6. The molecule has 0 bridgehead atoms. The van der Waals surface area contributed by atoms with Gasteiger partial charge in [0.05, 0.1) is 19.3 Å². The maximum Gasteiger partial charge on any atom is 3.00 e. The number of ketones is 6. The number of rotatable bonds is 6. The first-order valence-electron chi connectivity index (χ1n) is 6.35. The second-order valence-electron chi connectivity index (χ2n) is 4.74. The van der Waals surface area contributed by atoms with E-state index in [1.165, 1.54) is 41.5 Å². The quantitative estimate of drug-likeness (QED) is 0.582. The van der Waals surface area contributed by atoms with Crippen molar-refractivity contribution in [2.45, 2.75) is 60.8 Å². The molecule has 6 nitrogen and oxygen atoms in total. The third-order valence-corrected chi connectivity index (χ3v) is 1.49. The predicted molar refractivity (Wildman–Crippen MR) is 77.9 cm³/mol. The SMILES string of the molecule is CC(=O)CC(C)=O.CC(=O)CC(C)=O.CC(=O)CC(C)=O.[Ce+3]. The van der Waals surface area contributed by atoms with Crippen LogP contribution in [-0.2, 0) is 28.8 Å². The van der Waals surface area contributed by atoms with Gasteiger partial charge in [-0.3, -0.25) is 28.8 Å². The van der Waals surface area contributed by atoms with Crippen LogP contribution in [0, 0.1) is 41.7 Å². The molecule has 0 atom stereocenters. The van der Waals surface area contributed by atoms with Crippen LogP contribution >= 0.6 is 0 Å². The summed E-state index contributed by atoms with van der Waals surface area (Å²) in [6.45, 7) is 8.42. The van der Waals surface area contributed by atoms with E-state index in [1.807, 2.05) is 0 Å². The minimum absolute atomic E-state index is 0. The molecule has 0 N–H and O–H groups in total. The van der Waals surface area contributed by atoms with E-state index in [0.29, 0.717) is 0 Å². The summed E-state index contributed by atoms with van der Waals surface area (Å²) in [4.78, 5) is 60.2. The number of hydrogen-bond donors (Lipinski definition) is 0. The van der Waals surface area contributed by atoms with Crippen molar-refractivity contribution in [2.75, 3.05) is 0 Å². The van der Waals surface area contributed by atoms with Crippen LogP contribution in [0.25, 0.3) is 0 Å². The molecular formula is C15H24CeO6+3. The van der Waals surface area contributed by atoms with Gasteiger partial charge in [-0.05, 0) is 41.5 Å². The smallest absolute Gasteiger partial charge is 0.300 e. The van der Waals surface area contributed by atoms with E-state index in [-0.39, 0.29) is 95.7 Å². The Bertz CT molecular complexity index is 314. The van der Waals surface area contributed by atoms with Crippen molar-refractivity contribution >= 4 is 34.7 Å². The second-order valence-corrected chi connectivity index (χ2v) is 4.74. The van der Waals surface area contributed by atoms with E-state index in [4.69, 9.17) is 0 Å². The molecule has 0 aliphatic rings. The first-order chi connectivity index (χ1) is 9.38. The molecule has 0 rings (SSSR count). The van der Waals surface area contributed by atoms with Crippen LogP contribution in [0.1, 0.15) is 60.8 Å². The van der Waals surface area contributed by atoms with Gasteiger partial charge in [-0.25, -0.2) is 0 Å². The van der Waals surface area contributed by atoms with E-state index < -0.39 is 0 Å². The number of carbonyl (C=O) groups excluding carboxylic acids is 6. The maximum atomic E-state index is 10.0. The molecule has 0 aromatic carbocycles. The molecule has 0 spiro atoms. The molecule has 121 valence electrons. The van der Waals surface area contributed by atoms with Crippen molar-refractivity contribution in [1.82, 2.24) is 0 Å². The summed E-state index contributed by atoms with van der Waals surface area (Å²) in [5.74, 6) is -0.375. The van der Waals surface area contributed by atoms with Crippen molar-refractivity contribution in [3.05, 3.63) is 0 Å². The molecule has 0 heterocycles. The molecule has 22 heavy (non-hydrogen) atoms. The fourth-order valence-corrected chi connectivity index (χ4v) is 1.05. The van der Waals surface area contributed by atoms with E-state index in [1.54, 1.807) is 0 Å². The zero-order valence-corrected chi connectivity index (χ0v) is 17.2. The Morgan fingerprint density at radius 1 is 0.409 bits per heavy atom. The standard InChI is InChI=1S/3C5H8O2.Ce/c3*1-4(6)3-5(2)7;/h3*3H2,1-2H3;/q;;;+3. The first-order valence-corrected chi connectivity index (χ1v) is 6.35. The van der Waals surface area contributed by atoms with E-state index in [2.05, 4.69) is 0 Å². The summed E-state index contributed by atoms with van der Waals surface area (Å²) in [5, 5.41) is 0. The molecule has 0 aliphatic heterocycles. The van der Waals surface area contributed by atoms with Gasteiger partial charge in [-0.1, -0.05) is 0 Å². The Hall–Kier alpha value is -0.603. The third-order valence-electron chi connectivity index (χ3n) is 1.49. The predicted octanol–water partition coefficient (Wildman–Crippen LogP) is 1.66. The molecule has 0 amide bonds. The summed E-state index contributed by atoms with van der Waals surface area (Å²) >= 11 is 0. The Balaban J connectivity index is -0.000000108. The Kier molecular flexibility index (Phi) is 24.7. The number of carbonyl (C=O) groups is 6. The van der Waals surface area contributed by atoms with Gasteiger partial charge < -0.3 is 0 Å². The van der Waals surface area contributed by atoms with Crippen molar-refractivity contribution < 1.29 is 70.5 Å². The fraction of sp³-hybridized carbons (Fsp3) is 0.600. The third kappa shape index (κ3) is 50.5. The monoisotopic (exact) mass is 440 g/mol. The molecule has 0 fully saturated rings. The van der Waals surface area contributed by atoms with Crippen LogP contribution in [0.15, 0.2) is 0 Å². The van der Waals surface area contributed by atoms with Gasteiger partial charge in [0.25, 0.3) is 0 Å². The maximum absolute atomic E-state index is 10.0. The van der Waals surface area contributed by atoms with Crippen molar-refractivity contribution in [2.24, 2.45) is 0 Å². The van der Waals surface area contributed by atoms with Crippen LogP contribution in [0.5, 0.6) is 0 Å². The molecule has 0 saturated heterocycles. The normalized spacial score (nSPS) is 7.91. The Morgan fingerprint density at radius 2 is 0.500 bits per heavy atom. The van der Waals surface area contributed by atoms with Crippen molar-refractivity contribution in [3.63, 3.8) is 0 Å². The van der Waals surface area contributed by atoms with Gasteiger partial charge in [0.15, 0.2) is 0 Å². The Labute approximate surface area is 165 Å². The summed E-state index contributed by atoms with van der Waals surface area (Å²) in [6, 6.07) is 0. The summed E-state index contributed by atoms with van der Waals surface area (Å²) in [7, 11) is 0. The summed E-state index contributed by atoms with van der Waals surface area (Å²) in [6.07, 6.45) is 0.250. The zero-order valence-electron chi connectivity index (χ0n) is 14.1. The molecule has 0 unspecified atom stereocenters. The summed E-state index contributed by atoms with van der Waals surface area (Å²) < 4.78 is 0. The van der Waals surface area contributed by atoms with Crippen LogP contribution in [0.2, 0.25) is 0 Å². The fourth-order valence-electron chi connectivity index (χ4n) is 1.05.